The molecule has 4 aromatic rings. The largest absolute Gasteiger partial charge is 0.573 e. The van der Waals surface area contributed by atoms with E-state index in [-0.39, 0.29) is 10.6 Å². The smallest absolute Gasteiger partial charge is 0.438 e. The van der Waals surface area contributed by atoms with Crippen LogP contribution in [0.15, 0.2) is 73.3 Å². The number of nitrogens with one attached hydrogen (secondary N) is 1. The third-order valence-electron chi connectivity index (χ3n) is 4.70. The lowest BCUT2D eigenvalue weighted by molar-refractivity contribution is -0.274. The Bertz CT molecular complexity index is 1370. The molecule has 4 rings (SSSR count). The number of carbonyl (C=O) groups is 1. The summed E-state index contributed by atoms with van der Waals surface area (Å²) in [6, 6.07) is 13.5. The fourth-order valence-electron chi connectivity index (χ4n) is 3.06. The summed E-state index contributed by atoms with van der Waals surface area (Å²) in [6.07, 6.45) is -0.363. The summed E-state index contributed by atoms with van der Waals surface area (Å²) >= 11 is 5.75. The molecule has 0 aliphatic heterocycles. The first-order chi connectivity index (χ1) is 16.7. The van der Waals surface area contributed by atoms with Crippen LogP contribution in [0.5, 0.6) is 17.4 Å². The van der Waals surface area contributed by atoms with Gasteiger partial charge in [0.2, 0.25) is 5.88 Å². The van der Waals surface area contributed by atoms with Crippen LogP contribution in [-0.4, -0.2) is 27.2 Å². The van der Waals surface area contributed by atoms with Crippen molar-refractivity contribution in [3.05, 3.63) is 89.5 Å². The Hall–Kier alpha value is -4.18. The first kappa shape index (κ1) is 24.0. The van der Waals surface area contributed by atoms with E-state index >= 15 is 0 Å². The Labute approximate surface area is 202 Å². The number of hydrogen-bond acceptors (Lipinski definition) is 6. The minimum absolute atomic E-state index is 0.0764. The summed E-state index contributed by atoms with van der Waals surface area (Å²) < 4.78 is 47.7. The molecule has 0 bridgehead atoms. The van der Waals surface area contributed by atoms with Gasteiger partial charge in [-0.15, -0.1) is 13.2 Å². The average Bonchev–Trinajstić information content (AvgIpc) is 2.82. The Balaban J connectivity index is 1.57. The van der Waals surface area contributed by atoms with Crippen molar-refractivity contribution in [2.75, 3.05) is 5.32 Å². The van der Waals surface area contributed by atoms with E-state index in [4.69, 9.17) is 16.3 Å². The number of aromatic nitrogens is 3. The molecular formula is C24H16ClF3N4O3. The van der Waals surface area contributed by atoms with Crippen molar-refractivity contribution in [2.45, 2.75) is 13.3 Å². The van der Waals surface area contributed by atoms with E-state index in [2.05, 4.69) is 25.0 Å². The number of halogens is 4. The third kappa shape index (κ3) is 6.04. The molecule has 2 aromatic heterocycles. The zero-order chi connectivity index (χ0) is 25.0. The van der Waals surface area contributed by atoms with Gasteiger partial charge in [0.05, 0.1) is 16.3 Å². The maximum Gasteiger partial charge on any atom is 0.573 e. The lowest BCUT2D eigenvalue weighted by Gasteiger charge is -2.14. The Morgan fingerprint density at radius 3 is 2.57 bits per heavy atom. The summed E-state index contributed by atoms with van der Waals surface area (Å²) in [6.45, 7) is 1.81. The van der Waals surface area contributed by atoms with Gasteiger partial charge in [0.1, 0.15) is 17.8 Å². The van der Waals surface area contributed by atoms with Crippen LogP contribution >= 0.6 is 11.6 Å². The molecule has 0 unspecified atom stereocenters. The second-order valence-electron chi connectivity index (χ2n) is 7.18. The fourth-order valence-corrected chi connectivity index (χ4v) is 3.22. The third-order valence-corrected chi connectivity index (χ3v) is 5.01. The zero-order valence-electron chi connectivity index (χ0n) is 18.0. The highest BCUT2D eigenvalue weighted by molar-refractivity contribution is 6.32. The number of pyridine rings is 1. The van der Waals surface area contributed by atoms with Gasteiger partial charge in [-0.3, -0.25) is 4.79 Å². The van der Waals surface area contributed by atoms with E-state index in [1.165, 1.54) is 12.4 Å². The maximum absolute atomic E-state index is 12.7. The Morgan fingerprint density at radius 1 is 1.00 bits per heavy atom. The van der Waals surface area contributed by atoms with Gasteiger partial charge in [0.25, 0.3) is 5.91 Å². The molecule has 2 aromatic carbocycles. The molecule has 0 atom stereocenters. The van der Waals surface area contributed by atoms with E-state index in [1.807, 2.05) is 6.92 Å². The van der Waals surface area contributed by atoms with Crippen molar-refractivity contribution in [3.8, 4) is 28.6 Å². The predicted octanol–water partition coefficient (Wildman–Crippen LogP) is 6.44. The van der Waals surface area contributed by atoms with E-state index in [1.54, 1.807) is 48.8 Å². The minimum atomic E-state index is -4.95. The first-order valence-electron chi connectivity index (χ1n) is 10.1. The van der Waals surface area contributed by atoms with Gasteiger partial charge < -0.3 is 14.8 Å². The number of benzene rings is 2. The molecule has 7 nitrogen and oxygen atoms in total. The SMILES string of the molecule is Cc1ccc(NC(=O)c2ccc(Cl)c(OC(F)(F)F)c2)cc1Oc1ncccc1-c1ccncn1. The van der Waals surface area contributed by atoms with Crippen LogP contribution in [0, 0.1) is 6.92 Å². The molecule has 0 aliphatic rings. The Morgan fingerprint density at radius 2 is 1.83 bits per heavy atom. The number of hydrogen-bond donors (Lipinski definition) is 1. The van der Waals surface area contributed by atoms with E-state index in [0.29, 0.717) is 28.6 Å². The number of alkyl halides is 3. The highest BCUT2D eigenvalue weighted by Gasteiger charge is 2.32. The molecule has 0 saturated heterocycles. The summed E-state index contributed by atoms with van der Waals surface area (Å²) in [4.78, 5) is 25.1. The van der Waals surface area contributed by atoms with Gasteiger partial charge in [-0.2, -0.15) is 0 Å². The van der Waals surface area contributed by atoms with Gasteiger partial charge in [-0.05, 0) is 55.0 Å². The first-order valence-corrected chi connectivity index (χ1v) is 10.4. The van der Waals surface area contributed by atoms with Crippen LogP contribution in [0.2, 0.25) is 5.02 Å². The van der Waals surface area contributed by atoms with Crippen molar-refractivity contribution < 1.29 is 27.4 Å². The molecule has 0 spiro atoms. The topological polar surface area (TPSA) is 86.2 Å². The molecule has 2 heterocycles. The zero-order valence-corrected chi connectivity index (χ0v) is 18.8. The Kier molecular flexibility index (Phi) is 6.83. The fraction of sp³-hybridized carbons (Fsp3) is 0.0833. The number of nitrogens with zero attached hydrogens (tertiary/aromatic N) is 3. The second kappa shape index (κ2) is 9.98. The average molecular weight is 501 g/mol. The molecule has 0 radical (unpaired) electrons. The quantitative estimate of drug-likeness (QED) is 0.328. The summed E-state index contributed by atoms with van der Waals surface area (Å²) in [5.41, 5.74) is 2.29. The van der Waals surface area contributed by atoms with Gasteiger partial charge >= 0.3 is 6.36 Å². The summed E-state index contributed by atoms with van der Waals surface area (Å²) in [5.74, 6) is -0.631. The van der Waals surface area contributed by atoms with E-state index in [0.717, 1.165) is 17.7 Å². The summed E-state index contributed by atoms with van der Waals surface area (Å²) in [7, 11) is 0. The molecule has 35 heavy (non-hydrogen) atoms. The minimum Gasteiger partial charge on any atom is -0.438 e. The molecule has 0 aliphatic carbocycles. The number of anilines is 1. The lowest BCUT2D eigenvalue weighted by Crippen LogP contribution is -2.18. The monoisotopic (exact) mass is 500 g/mol. The lowest BCUT2D eigenvalue weighted by atomic mass is 10.1. The standard InChI is InChI=1S/C24H16ClF3N4O3/c1-14-4-6-16(32-22(33)15-5-7-18(25)21(11-15)35-24(26,27)28)12-20(14)34-23-17(3-2-9-30-23)19-8-10-29-13-31-19/h2-13H,1H3,(H,32,33). The maximum atomic E-state index is 12.7. The molecule has 178 valence electrons. The molecule has 1 amide bonds. The van der Waals surface area contributed by atoms with Crippen molar-refractivity contribution in [3.63, 3.8) is 0 Å². The molecule has 11 heteroatoms. The van der Waals surface area contributed by atoms with Crippen LogP contribution in [-0.2, 0) is 0 Å². The van der Waals surface area contributed by atoms with Gasteiger partial charge in [-0.1, -0.05) is 17.7 Å². The predicted molar refractivity (Wildman–Crippen MR) is 123 cm³/mol. The van der Waals surface area contributed by atoms with Crippen LogP contribution < -0.4 is 14.8 Å². The highest BCUT2D eigenvalue weighted by atomic mass is 35.5. The van der Waals surface area contributed by atoms with Crippen molar-refractivity contribution in [1.82, 2.24) is 15.0 Å². The van der Waals surface area contributed by atoms with Crippen molar-refractivity contribution >= 4 is 23.2 Å². The molecule has 1 N–H and O–H groups in total. The van der Waals surface area contributed by atoms with Crippen molar-refractivity contribution in [2.24, 2.45) is 0 Å². The highest BCUT2D eigenvalue weighted by Crippen LogP contribution is 2.34. The number of ether oxygens (including phenoxy) is 2. The van der Waals surface area contributed by atoms with Crippen molar-refractivity contribution in [1.29, 1.82) is 0 Å². The van der Waals surface area contributed by atoms with Gasteiger partial charge in [0.15, 0.2) is 0 Å². The molecule has 0 saturated carbocycles. The van der Waals surface area contributed by atoms with E-state index < -0.39 is 18.0 Å². The van der Waals surface area contributed by atoms with Crippen LogP contribution in [0.25, 0.3) is 11.3 Å². The molecule has 0 fully saturated rings. The van der Waals surface area contributed by atoms with E-state index in [9.17, 15) is 18.0 Å². The number of amides is 1. The number of rotatable bonds is 6. The number of aryl methyl sites for hydroxylation is 1. The van der Waals surface area contributed by atoms with Crippen LogP contribution in [0.4, 0.5) is 18.9 Å². The van der Waals surface area contributed by atoms with Gasteiger partial charge in [0, 0.05) is 29.7 Å². The van der Waals surface area contributed by atoms with Crippen LogP contribution in [0.1, 0.15) is 15.9 Å². The van der Waals surface area contributed by atoms with Gasteiger partial charge in [-0.25, -0.2) is 15.0 Å². The van der Waals surface area contributed by atoms with Crippen LogP contribution in [0.3, 0.4) is 0 Å². The normalized spacial score (nSPS) is 11.1. The summed E-state index contributed by atoms with van der Waals surface area (Å²) in [5, 5.41) is 2.35. The second-order valence-corrected chi connectivity index (χ2v) is 7.59. The molecular weight excluding hydrogens is 485 g/mol. The number of carbonyl (C=O) groups excluding carboxylic acids is 1.